The highest BCUT2D eigenvalue weighted by molar-refractivity contribution is 8.26. The van der Waals surface area contributed by atoms with E-state index in [0.29, 0.717) is 33.7 Å². The molecular formula is C22H31N5OS. The minimum absolute atomic E-state index is 0.0659. The molecule has 29 heavy (non-hydrogen) atoms. The van der Waals surface area contributed by atoms with E-state index in [1.54, 1.807) is 18.0 Å². The van der Waals surface area contributed by atoms with Crippen molar-refractivity contribution in [3.05, 3.63) is 42.2 Å². The third-order valence-electron chi connectivity index (χ3n) is 5.17. The molecule has 6 nitrogen and oxygen atoms in total. The van der Waals surface area contributed by atoms with E-state index in [4.69, 9.17) is 15.6 Å². The Balaban J connectivity index is 1.67. The number of piperidine rings is 1. The molecule has 0 amide bonds. The lowest BCUT2D eigenvalue weighted by molar-refractivity contribution is 0.132. The first-order valence-corrected chi connectivity index (χ1v) is 10.7. The number of nitrogens with one attached hydrogen (secondary N) is 3. The number of hydrogen-bond donors (Lipinski definition) is 3. The molecule has 0 bridgehead atoms. The summed E-state index contributed by atoms with van der Waals surface area (Å²) >= 11 is 1.22. The maximum Gasteiger partial charge on any atom is 0.130 e. The zero-order chi connectivity index (χ0) is 21.2. The molecule has 1 aliphatic rings. The van der Waals surface area contributed by atoms with Gasteiger partial charge in [-0.2, -0.15) is 5.10 Å². The fourth-order valence-corrected chi connectivity index (χ4v) is 5.44. The Bertz CT molecular complexity index is 873. The zero-order valence-corrected chi connectivity index (χ0v) is 18.7. The molecule has 2 aromatic rings. The number of nitrogens with zero attached hydrogens (tertiary/aromatic N) is 2. The molecule has 1 aromatic carbocycles. The molecule has 1 fully saturated rings. The van der Waals surface area contributed by atoms with Crippen LogP contribution in [0.1, 0.15) is 52.5 Å². The van der Waals surface area contributed by atoms with Crippen LogP contribution in [0, 0.1) is 16.7 Å². The van der Waals surface area contributed by atoms with E-state index in [0.717, 1.165) is 18.5 Å². The van der Waals surface area contributed by atoms with Crippen LogP contribution in [-0.4, -0.2) is 38.1 Å². The Morgan fingerprint density at radius 1 is 1.24 bits per heavy atom. The smallest absolute Gasteiger partial charge is 0.130 e. The lowest BCUT2D eigenvalue weighted by atomic mass is 9.75. The molecule has 0 spiro atoms. The SMILES string of the molecule is COc1cc(-n2cccn2)ccc1C(=N)SC(=N)CC1CC(C)(C)NC(C)(C)C1. The first-order valence-electron chi connectivity index (χ1n) is 9.90. The van der Waals surface area contributed by atoms with Crippen LogP contribution < -0.4 is 10.1 Å². The van der Waals surface area contributed by atoms with Gasteiger partial charge >= 0.3 is 0 Å². The lowest BCUT2D eigenvalue weighted by Crippen LogP contribution is -2.57. The number of methoxy groups -OCH3 is 1. The summed E-state index contributed by atoms with van der Waals surface area (Å²) in [4.78, 5) is 0. The Morgan fingerprint density at radius 3 is 2.52 bits per heavy atom. The van der Waals surface area contributed by atoms with Gasteiger partial charge in [-0.25, -0.2) is 4.68 Å². The summed E-state index contributed by atoms with van der Waals surface area (Å²) in [6.07, 6.45) is 6.37. The van der Waals surface area contributed by atoms with Crippen LogP contribution in [0.3, 0.4) is 0 Å². The Labute approximate surface area is 177 Å². The van der Waals surface area contributed by atoms with E-state index < -0.39 is 0 Å². The number of thioether (sulfide) groups is 1. The molecular weight excluding hydrogens is 382 g/mol. The monoisotopic (exact) mass is 413 g/mol. The summed E-state index contributed by atoms with van der Waals surface area (Å²) < 4.78 is 7.27. The van der Waals surface area contributed by atoms with Gasteiger partial charge in [0.25, 0.3) is 0 Å². The van der Waals surface area contributed by atoms with Crippen LogP contribution >= 0.6 is 11.8 Å². The predicted molar refractivity (Wildman–Crippen MR) is 121 cm³/mol. The third kappa shape index (κ3) is 5.48. The quantitative estimate of drug-likeness (QED) is 0.482. The van der Waals surface area contributed by atoms with Gasteiger partial charge < -0.3 is 10.1 Å². The van der Waals surface area contributed by atoms with E-state index in [-0.39, 0.29) is 11.1 Å². The van der Waals surface area contributed by atoms with Crippen molar-refractivity contribution in [2.24, 2.45) is 5.92 Å². The second-order valence-corrected chi connectivity index (χ2v) is 10.2. The van der Waals surface area contributed by atoms with E-state index >= 15 is 0 Å². The number of benzene rings is 1. The van der Waals surface area contributed by atoms with Gasteiger partial charge in [-0.3, -0.25) is 10.8 Å². The van der Waals surface area contributed by atoms with E-state index in [1.807, 2.05) is 30.5 Å². The Kier molecular flexibility index (Phi) is 6.19. The van der Waals surface area contributed by atoms with Crippen LogP contribution in [0.15, 0.2) is 36.7 Å². The molecule has 1 aliphatic heterocycles. The number of aromatic nitrogens is 2. The Hall–Kier alpha value is -2.12. The van der Waals surface area contributed by atoms with Crippen LogP contribution in [0.25, 0.3) is 5.69 Å². The van der Waals surface area contributed by atoms with Crippen LogP contribution in [-0.2, 0) is 0 Å². The standard InChI is InChI=1S/C22H31N5OS/c1-21(2)13-15(14-22(3,4)26-21)11-19(23)29-20(24)17-8-7-16(12-18(17)28-5)27-10-6-9-25-27/h6-10,12,15,23-24,26H,11,13-14H2,1-5H3. The van der Waals surface area contributed by atoms with Gasteiger partial charge in [-0.05, 0) is 71.1 Å². The van der Waals surface area contributed by atoms with Gasteiger partial charge in [0.05, 0.1) is 17.8 Å². The van der Waals surface area contributed by atoms with E-state index in [2.05, 4.69) is 38.1 Å². The zero-order valence-electron chi connectivity index (χ0n) is 17.9. The van der Waals surface area contributed by atoms with Gasteiger partial charge in [0.2, 0.25) is 0 Å². The van der Waals surface area contributed by atoms with Crippen molar-refractivity contribution < 1.29 is 4.74 Å². The summed E-state index contributed by atoms with van der Waals surface area (Å²) in [5.74, 6) is 1.06. The van der Waals surface area contributed by atoms with Crippen molar-refractivity contribution in [1.82, 2.24) is 15.1 Å². The fraction of sp³-hybridized carbons (Fsp3) is 0.500. The molecule has 7 heteroatoms. The van der Waals surface area contributed by atoms with Gasteiger partial charge in [-0.1, -0.05) is 11.8 Å². The molecule has 0 saturated carbocycles. The van der Waals surface area contributed by atoms with E-state index in [1.165, 1.54) is 11.8 Å². The minimum Gasteiger partial charge on any atom is -0.496 e. The lowest BCUT2D eigenvalue weighted by Gasteiger charge is -2.46. The van der Waals surface area contributed by atoms with Crippen molar-refractivity contribution in [2.45, 2.75) is 58.0 Å². The van der Waals surface area contributed by atoms with Gasteiger partial charge in [-0.15, -0.1) is 0 Å². The predicted octanol–water partition coefficient (Wildman–Crippen LogP) is 4.86. The van der Waals surface area contributed by atoms with E-state index in [9.17, 15) is 0 Å². The van der Waals surface area contributed by atoms with Crippen LogP contribution in [0.5, 0.6) is 5.75 Å². The summed E-state index contributed by atoms with van der Waals surface area (Å²) in [5.41, 5.74) is 1.71. The summed E-state index contributed by atoms with van der Waals surface area (Å²) in [7, 11) is 1.61. The highest BCUT2D eigenvalue weighted by Crippen LogP contribution is 2.36. The molecule has 0 radical (unpaired) electrons. The first-order chi connectivity index (χ1) is 13.6. The minimum atomic E-state index is 0.0659. The molecule has 3 N–H and O–H groups in total. The highest BCUT2D eigenvalue weighted by atomic mass is 32.2. The normalized spacial score (nSPS) is 18.4. The molecule has 0 unspecified atom stereocenters. The van der Waals surface area contributed by atoms with Gasteiger partial charge in [0.1, 0.15) is 10.8 Å². The van der Waals surface area contributed by atoms with Crippen molar-refractivity contribution in [1.29, 1.82) is 10.8 Å². The Morgan fingerprint density at radius 2 is 1.93 bits per heavy atom. The van der Waals surface area contributed by atoms with Gasteiger partial charge in [0, 0.05) is 35.1 Å². The average molecular weight is 414 g/mol. The van der Waals surface area contributed by atoms with Crippen molar-refractivity contribution in [3.63, 3.8) is 0 Å². The average Bonchev–Trinajstić information content (AvgIpc) is 3.12. The molecule has 156 valence electrons. The summed E-state index contributed by atoms with van der Waals surface area (Å²) in [5, 5.41) is 25.8. The van der Waals surface area contributed by atoms with Crippen molar-refractivity contribution in [2.75, 3.05) is 7.11 Å². The molecule has 1 aromatic heterocycles. The summed E-state index contributed by atoms with van der Waals surface area (Å²) in [6, 6.07) is 7.53. The van der Waals surface area contributed by atoms with Crippen LogP contribution in [0.2, 0.25) is 0 Å². The van der Waals surface area contributed by atoms with Crippen molar-refractivity contribution in [3.8, 4) is 11.4 Å². The first kappa shape index (κ1) is 21.6. The maximum atomic E-state index is 8.53. The fourth-order valence-electron chi connectivity index (χ4n) is 4.59. The third-order valence-corrected chi connectivity index (χ3v) is 6.01. The van der Waals surface area contributed by atoms with Crippen molar-refractivity contribution >= 4 is 21.8 Å². The largest absolute Gasteiger partial charge is 0.496 e. The summed E-state index contributed by atoms with van der Waals surface area (Å²) in [6.45, 7) is 8.91. The maximum absolute atomic E-state index is 8.53. The molecule has 0 atom stereocenters. The number of rotatable bonds is 5. The van der Waals surface area contributed by atoms with Gasteiger partial charge in [0.15, 0.2) is 0 Å². The number of ether oxygens (including phenoxy) is 1. The highest BCUT2D eigenvalue weighted by Gasteiger charge is 2.37. The molecule has 2 heterocycles. The second kappa shape index (κ2) is 8.32. The van der Waals surface area contributed by atoms with Crippen LogP contribution in [0.4, 0.5) is 0 Å². The molecule has 3 rings (SSSR count). The molecule has 1 saturated heterocycles. The number of hydrogen-bond acceptors (Lipinski definition) is 6. The molecule has 0 aliphatic carbocycles. The second-order valence-electron chi connectivity index (χ2n) is 9.06. The topological polar surface area (TPSA) is 86.8 Å².